The number of likely N-dealkylation sites (N-methyl/N-ethyl adjacent to an activating group) is 1. The molecule has 0 saturated heterocycles. The summed E-state index contributed by atoms with van der Waals surface area (Å²) in [6.45, 7) is 0. The maximum absolute atomic E-state index is 6.11. The maximum Gasteiger partial charge on any atom is 0.102 e. The molecule has 0 bridgehead atoms. The Morgan fingerprint density at radius 1 is 0.950 bits per heavy atom. The highest BCUT2D eigenvalue weighted by Gasteiger charge is 2.23. The van der Waals surface area contributed by atoms with Crippen LogP contribution in [0.15, 0.2) is 48.5 Å². The molecule has 1 N–H and O–H groups in total. The third-order valence-corrected chi connectivity index (χ3v) is 4.04. The summed E-state index contributed by atoms with van der Waals surface area (Å²) in [4.78, 5) is 0. The summed E-state index contributed by atoms with van der Waals surface area (Å²) in [7, 11) is 3.61. The number of benzene rings is 2. The molecule has 0 fully saturated rings. The predicted octanol–water partition coefficient (Wildman–Crippen LogP) is 4.64. The number of hydrogen-bond acceptors (Lipinski definition) is 2. The van der Waals surface area contributed by atoms with E-state index in [1.165, 1.54) is 0 Å². The molecule has 0 aliphatic heterocycles. The summed E-state index contributed by atoms with van der Waals surface area (Å²) < 4.78 is 5.68. The summed E-state index contributed by atoms with van der Waals surface area (Å²) in [6, 6.07) is 15.7. The molecule has 2 aromatic carbocycles. The second-order valence-corrected chi connectivity index (χ2v) is 5.32. The molecule has 0 saturated carbocycles. The zero-order chi connectivity index (χ0) is 14.5. The van der Waals surface area contributed by atoms with Crippen molar-refractivity contribution in [2.24, 2.45) is 0 Å². The number of nitrogens with one attached hydrogen (secondary N) is 1. The van der Waals surface area contributed by atoms with Crippen molar-refractivity contribution in [3.8, 4) is 0 Å². The predicted molar refractivity (Wildman–Crippen MR) is 84.5 cm³/mol. The SMILES string of the molecule is CNC(c1ccc(Cl)c(Cl)c1)C(OC)c1ccccc1. The average molecular weight is 310 g/mol. The van der Waals surface area contributed by atoms with Crippen LogP contribution in [0.1, 0.15) is 23.3 Å². The lowest BCUT2D eigenvalue weighted by Crippen LogP contribution is -2.25. The van der Waals surface area contributed by atoms with Crippen LogP contribution < -0.4 is 5.32 Å². The monoisotopic (exact) mass is 309 g/mol. The summed E-state index contributed by atoms with van der Waals surface area (Å²) in [6.07, 6.45) is -0.0987. The van der Waals surface area contributed by atoms with Gasteiger partial charge in [0.1, 0.15) is 6.10 Å². The van der Waals surface area contributed by atoms with Gasteiger partial charge in [-0.05, 0) is 30.3 Å². The van der Waals surface area contributed by atoms with E-state index in [2.05, 4.69) is 17.4 Å². The second kappa shape index (κ2) is 7.09. The number of rotatable bonds is 5. The molecule has 0 heterocycles. The zero-order valence-corrected chi connectivity index (χ0v) is 12.9. The summed E-state index contributed by atoms with van der Waals surface area (Å²) in [5.74, 6) is 0. The third-order valence-electron chi connectivity index (χ3n) is 3.30. The van der Waals surface area contributed by atoms with Crippen molar-refractivity contribution >= 4 is 23.2 Å². The van der Waals surface area contributed by atoms with E-state index >= 15 is 0 Å². The number of hydrogen-bond donors (Lipinski definition) is 1. The van der Waals surface area contributed by atoms with E-state index in [9.17, 15) is 0 Å². The molecule has 2 unspecified atom stereocenters. The molecular weight excluding hydrogens is 293 g/mol. The van der Waals surface area contributed by atoms with Crippen molar-refractivity contribution in [2.45, 2.75) is 12.1 Å². The topological polar surface area (TPSA) is 21.3 Å². The molecule has 0 amide bonds. The lowest BCUT2D eigenvalue weighted by Gasteiger charge is -2.26. The van der Waals surface area contributed by atoms with Gasteiger partial charge in [0.15, 0.2) is 0 Å². The van der Waals surface area contributed by atoms with Gasteiger partial charge in [-0.1, -0.05) is 59.6 Å². The molecule has 0 aromatic heterocycles. The van der Waals surface area contributed by atoms with Gasteiger partial charge < -0.3 is 10.1 Å². The first-order valence-corrected chi connectivity index (χ1v) is 7.13. The Labute approximate surface area is 129 Å². The van der Waals surface area contributed by atoms with E-state index in [0.717, 1.165) is 11.1 Å². The van der Waals surface area contributed by atoms with Crippen molar-refractivity contribution in [2.75, 3.05) is 14.2 Å². The Hall–Kier alpha value is -1.06. The quantitative estimate of drug-likeness (QED) is 0.868. The molecule has 2 aromatic rings. The summed E-state index contributed by atoms with van der Waals surface area (Å²) >= 11 is 12.1. The van der Waals surface area contributed by atoms with Crippen molar-refractivity contribution in [1.29, 1.82) is 0 Å². The molecule has 0 radical (unpaired) electrons. The van der Waals surface area contributed by atoms with Crippen molar-refractivity contribution in [1.82, 2.24) is 5.32 Å². The van der Waals surface area contributed by atoms with Crippen LogP contribution in [0.4, 0.5) is 0 Å². The van der Waals surface area contributed by atoms with Crippen molar-refractivity contribution in [3.63, 3.8) is 0 Å². The van der Waals surface area contributed by atoms with Gasteiger partial charge in [-0.3, -0.25) is 0 Å². The van der Waals surface area contributed by atoms with Crippen LogP contribution in [0.25, 0.3) is 0 Å². The van der Waals surface area contributed by atoms with Crippen molar-refractivity contribution in [3.05, 3.63) is 69.7 Å². The molecule has 0 aliphatic carbocycles. The minimum Gasteiger partial charge on any atom is -0.375 e. The van der Waals surface area contributed by atoms with Crippen LogP contribution >= 0.6 is 23.2 Å². The van der Waals surface area contributed by atoms with Gasteiger partial charge in [0, 0.05) is 7.11 Å². The largest absolute Gasteiger partial charge is 0.375 e. The van der Waals surface area contributed by atoms with Gasteiger partial charge in [-0.25, -0.2) is 0 Å². The molecule has 4 heteroatoms. The van der Waals surface area contributed by atoms with Gasteiger partial charge in [0.2, 0.25) is 0 Å². The summed E-state index contributed by atoms with van der Waals surface area (Å²) in [5.41, 5.74) is 2.15. The van der Waals surface area contributed by atoms with Crippen LogP contribution in [-0.2, 0) is 4.74 Å². The number of halogens is 2. The lowest BCUT2D eigenvalue weighted by molar-refractivity contribution is 0.0702. The Morgan fingerprint density at radius 2 is 1.65 bits per heavy atom. The van der Waals surface area contributed by atoms with Crippen LogP contribution in [0, 0.1) is 0 Å². The number of ether oxygens (including phenoxy) is 1. The fourth-order valence-electron chi connectivity index (χ4n) is 2.31. The first-order valence-electron chi connectivity index (χ1n) is 6.37. The van der Waals surface area contributed by atoms with Crippen LogP contribution in [0.2, 0.25) is 10.0 Å². The van der Waals surface area contributed by atoms with E-state index < -0.39 is 0 Å². The van der Waals surface area contributed by atoms with E-state index in [4.69, 9.17) is 27.9 Å². The van der Waals surface area contributed by atoms with Gasteiger partial charge in [0.05, 0.1) is 16.1 Å². The van der Waals surface area contributed by atoms with E-state index in [1.54, 1.807) is 13.2 Å². The van der Waals surface area contributed by atoms with Crippen LogP contribution in [0.3, 0.4) is 0 Å². The highest BCUT2D eigenvalue weighted by molar-refractivity contribution is 6.42. The second-order valence-electron chi connectivity index (χ2n) is 4.51. The minimum atomic E-state index is -0.0987. The Kier molecular flexibility index (Phi) is 5.44. The van der Waals surface area contributed by atoms with E-state index in [0.29, 0.717) is 10.0 Å². The highest BCUT2D eigenvalue weighted by Crippen LogP contribution is 2.34. The standard InChI is InChI=1S/C16H17Cl2NO/c1-19-15(12-8-9-13(17)14(18)10-12)16(20-2)11-6-4-3-5-7-11/h3-10,15-16,19H,1-2H3. The Balaban J connectivity index is 2.36. The van der Waals surface area contributed by atoms with Crippen LogP contribution in [0.5, 0.6) is 0 Å². The minimum absolute atomic E-state index is 0.00262. The average Bonchev–Trinajstić information content (AvgIpc) is 2.48. The smallest absolute Gasteiger partial charge is 0.102 e. The van der Waals surface area contributed by atoms with Crippen LogP contribution in [-0.4, -0.2) is 14.2 Å². The molecule has 2 atom stereocenters. The molecule has 2 nitrogen and oxygen atoms in total. The number of methoxy groups -OCH3 is 1. The fraction of sp³-hybridized carbons (Fsp3) is 0.250. The molecular formula is C16H17Cl2NO. The molecule has 2 rings (SSSR count). The normalized spacial score (nSPS) is 14.0. The highest BCUT2D eigenvalue weighted by atomic mass is 35.5. The molecule has 0 spiro atoms. The Morgan fingerprint density at radius 3 is 2.20 bits per heavy atom. The first kappa shape index (κ1) is 15.3. The van der Waals surface area contributed by atoms with E-state index in [1.807, 2.05) is 37.4 Å². The van der Waals surface area contributed by atoms with Gasteiger partial charge in [-0.15, -0.1) is 0 Å². The maximum atomic E-state index is 6.11. The first-order chi connectivity index (χ1) is 9.67. The molecule has 106 valence electrons. The lowest BCUT2D eigenvalue weighted by atomic mass is 9.96. The fourth-order valence-corrected chi connectivity index (χ4v) is 2.61. The molecule has 0 aliphatic rings. The van der Waals surface area contributed by atoms with Gasteiger partial charge in [0.25, 0.3) is 0 Å². The third kappa shape index (κ3) is 3.33. The van der Waals surface area contributed by atoms with Gasteiger partial charge in [-0.2, -0.15) is 0 Å². The molecule has 20 heavy (non-hydrogen) atoms. The van der Waals surface area contributed by atoms with Gasteiger partial charge >= 0.3 is 0 Å². The zero-order valence-electron chi connectivity index (χ0n) is 11.4. The van der Waals surface area contributed by atoms with Crippen molar-refractivity contribution < 1.29 is 4.74 Å². The van der Waals surface area contributed by atoms with E-state index in [-0.39, 0.29) is 12.1 Å². The summed E-state index contributed by atoms with van der Waals surface area (Å²) in [5, 5.41) is 4.39. The Bertz CT molecular complexity index is 560.